The molecule has 1 fully saturated rings. The number of hydrogen-bond donors (Lipinski definition) is 1. The molecule has 0 radical (unpaired) electrons. The third-order valence-corrected chi connectivity index (χ3v) is 7.09. The van der Waals surface area contributed by atoms with Gasteiger partial charge in [-0.25, -0.2) is 14.4 Å². The molecule has 0 saturated carbocycles. The van der Waals surface area contributed by atoms with Gasteiger partial charge in [0.1, 0.15) is 17.3 Å². The lowest BCUT2D eigenvalue weighted by molar-refractivity contribution is 0.0150. The lowest BCUT2D eigenvalue weighted by Gasteiger charge is -2.36. The summed E-state index contributed by atoms with van der Waals surface area (Å²) in [5.74, 6) is 0. The van der Waals surface area contributed by atoms with Crippen LogP contribution in [-0.4, -0.2) is 51.2 Å². The van der Waals surface area contributed by atoms with E-state index in [0.29, 0.717) is 11.7 Å². The van der Waals surface area contributed by atoms with Gasteiger partial charge in [-0.15, -0.1) is 11.3 Å². The number of fused-ring (bicyclic) bond motifs is 1. The Hall–Kier alpha value is -1.74. The van der Waals surface area contributed by atoms with E-state index >= 15 is 0 Å². The molecular formula is C21H23FN4OS2. The van der Waals surface area contributed by atoms with E-state index in [2.05, 4.69) is 39.8 Å². The molecule has 0 bridgehead atoms. The maximum absolute atomic E-state index is 12.9. The topological polar surface area (TPSA) is 43.2 Å². The highest BCUT2D eigenvalue weighted by atomic mass is 32.1. The SMILES string of the molecule is FCc1csc(-c2cn(S)c3ncc(C4=CCC(N5CCOCC5)CC4)cc23)n1. The molecule has 3 aromatic rings. The van der Waals surface area contributed by atoms with Crippen LogP contribution >= 0.6 is 24.2 Å². The zero-order valence-corrected chi connectivity index (χ0v) is 17.8. The number of thiol groups is 1. The number of aromatic nitrogens is 3. The fourth-order valence-electron chi connectivity index (χ4n) is 4.29. The molecule has 29 heavy (non-hydrogen) atoms. The van der Waals surface area contributed by atoms with Crippen molar-refractivity contribution in [2.75, 3.05) is 26.3 Å². The first-order chi connectivity index (χ1) is 14.2. The average molecular weight is 431 g/mol. The predicted octanol–water partition coefficient (Wildman–Crippen LogP) is 4.59. The first-order valence-corrected chi connectivity index (χ1v) is 11.2. The molecule has 152 valence electrons. The quantitative estimate of drug-likeness (QED) is 0.615. The van der Waals surface area contributed by atoms with Crippen molar-refractivity contribution in [3.8, 4) is 10.6 Å². The van der Waals surface area contributed by atoms with Crippen LogP contribution in [0.3, 0.4) is 0 Å². The van der Waals surface area contributed by atoms with E-state index in [-0.39, 0.29) is 0 Å². The molecule has 2 aliphatic rings. The molecule has 0 spiro atoms. The Balaban J connectivity index is 1.44. The van der Waals surface area contributed by atoms with Crippen LogP contribution in [0.4, 0.5) is 4.39 Å². The molecule has 1 saturated heterocycles. The summed E-state index contributed by atoms with van der Waals surface area (Å²) >= 11 is 5.97. The second-order valence-electron chi connectivity index (χ2n) is 7.57. The number of pyridine rings is 1. The minimum absolute atomic E-state index is 0.471. The summed E-state index contributed by atoms with van der Waals surface area (Å²) in [6, 6.07) is 2.80. The van der Waals surface area contributed by atoms with E-state index in [9.17, 15) is 4.39 Å². The number of rotatable bonds is 4. The molecule has 1 unspecified atom stereocenters. The summed E-state index contributed by atoms with van der Waals surface area (Å²) in [6.45, 7) is 3.22. The van der Waals surface area contributed by atoms with Gasteiger partial charge in [0.05, 0.1) is 18.9 Å². The Morgan fingerprint density at radius 2 is 2.17 bits per heavy atom. The summed E-state index contributed by atoms with van der Waals surface area (Å²) in [7, 11) is 0. The van der Waals surface area contributed by atoms with Crippen molar-refractivity contribution in [3.05, 3.63) is 41.2 Å². The Labute approximate surface area is 178 Å². The maximum Gasteiger partial charge on any atom is 0.150 e. The highest BCUT2D eigenvalue weighted by Gasteiger charge is 2.24. The number of ether oxygens (including phenoxy) is 1. The van der Waals surface area contributed by atoms with Crippen molar-refractivity contribution in [2.24, 2.45) is 0 Å². The molecular weight excluding hydrogens is 407 g/mol. The van der Waals surface area contributed by atoms with Gasteiger partial charge in [-0.3, -0.25) is 8.87 Å². The first kappa shape index (κ1) is 19.2. The van der Waals surface area contributed by atoms with Crippen molar-refractivity contribution in [3.63, 3.8) is 0 Å². The monoisotopic (exact) mass is 430 g/mol. The van der Waals surface area contributed by atoms with Crippen LogP contribution in [0.25, 0.3) is 27.2 Å². The third-order valence-electron chi connectivity index (χ3n) is 5.86. The molecule has 3 aromatic heterocycles. The number of thiazole rings is 1. The normalized spacial score (nSPS) is 20.9. The highest BCUT2D eigenvalue weighted by molar-refractivity contribution is 7.78. The van der Waals surface area contributed by atoms with Crippen LogP contribution in [0.1, 0.15) is 30.5 Å². The number of morpholine rings is 1. The van der Waals surface area contributed by atoms with Gasteiger partial charge in [-0.1, -0.05) is 18.9 Å². The van der Waals surface area contributed by atoms with Crippen LogP contribution in [0.2, 0.25) is 0 Å². The smallest absolute Gasteiger partial charge is 0.150 e. The summed E-state index contributed by atoms with van der Waals surface area (Å²) in [6.07, 6.45) is 9.50. The number of nitrogens with zero attached hydrogens (tertiary/aromatic N) is 4. The van der Waals surface area contributed by atoms with Gasteiger partial charge in [-0.05, 0) is 36.5 Å². The standard InChI is InChI=1S/C21H23FN4OS2/c22-10-16-13-29-21(24-16)19-12-26(28)20-18(19)9-15(11-23-20)14-1-3-17(4-2-14)25-5-7-27-8-6-25/h1,9,11-13,17,28H,2-8,10H2. The molecule has 4 heterocycles. The zero-order chi connectivity index (χ0) is 19.8. The van der Waals surface area contributed by atoms with E-state index in [1.54, 1.807) is 9.35 Å². The number of halogens is 1. The summed E-state index contributed by atoms with van der Waals surface area (Å²) in [4.78, 5) is 11.6. The number of allylic oxidation sites excluding steroid dienone is 1. The van der Waals surface area contributed by atoms with E-state index in [1.807, 2.05) is 12.4 Å². The molecule has 5 rings (SSSR count). The van der Waals surface area contributed by atoms with Crippen LogP contribution in [-0.2, 0) is 11.4 Å². The van der Waals surface area contributed by atoms with E-state index < -0.39 is 6.67 Å². The predicted molar refractivity (Wildman–Crippen MR) is 118 cm³/mol. The van der Waals surface area contributed by atoms with Crippen molar-refractivity contribution >= 4 is 40.8 Å². The molecule has 0 aromatic carbocycles. The van der Waals surface area contributed by atoms with Gasteiger partial charge in [0, 0.05) is 47.9 Å². The number of alkyl halides is 1. The largest absolute Gasteiger partial charge is 0.379 e. The van der Waals surface area contributed by atoms with Crippen molar-refractivity contribution in [1.29, 1.82) is 0 Å². The van der Waals surface area contributed by atoms with Gasteiger partial charge in [0.2, 0.25) is 0 Å². The van der Waals surface area contributed by atoms with Crippen LogP contribution in [0, 0.1) is 0 Å². The fourth-order valence-corrected chi connectivity index (χ4v) is 5.38. The lowest BCUT2D eigenvalue weighted by atomic mass is 9.90. The molecule has 1 atom stereocenters. The van der Waals surface area contributed by atoms with Gasteiger partial charge < -0.3 is 4.74 Å². The Morgan fingerprint density at radius 1 is 1.31 bits per heavy atom. The highest BCUT2D eigenvalue weighted by Crippen LogP contribution is 2.36. The molecule has 5 nitrogen and oxygen atoms in total. The average Bonchev–Trinajstić information content (AvgIpc) is 3.39. The Kier molecular flexibility index (Phi) is 5.43. The molecule has 0 amide bonds. The van der Waals surface area contributed by atoms with Crippen LogP contribution < -0.4 is 0 Å². The molecule has 8 heteroatoms. The first-order valence-electron chi connectivity index (χ1n) is 9.95. The van der Waals surface area contributed by atoms with Crippen LogP contribution in [0.15, 0.2) is 29.9 Å². The van der Waals surface area contributed by atoms with Crippen LogP contribution in [0.5, 0.6) is 0 Å². The second kappa shape index (κ2) is 8.18. The fraction of sp³-hybridized carbons (Fsp3) is 0.429. The van der Waals surface area contributed by atoms with E-state index in [0.717, 1.165) is 72.7 Å². The van der Waals surface area contributed by atoms with E-state index in [4.69, 9.17) is 4.74 Å². The molecule has 1 aliphatic heterocycles. The lowest BCUT2D eigenvalue weighted by Crippen LogP contribution is -2.43. The summed E-state index contributed by atoms with van der Waals surface area (Å²) in [5, 5.41) is 3.58. The minimum Gasteiger partial charge on any atom is -0.379 e. The molecule has 0 N–H and O–H groups in total. The number of hydrogen-bond acceptors (Lipinski definition) is 6. The zero-order valence-electron chi connectivity index (χ0n) is 16.1. The Bertz CT molecular complexity index is 1050. The van der Waals surface area contributed by atoms with Crippen molar-refractivity contribution in [1.82, 2.24) is 18.8 Å². The maximum atomic E-state index is 12.9. The van der Waals surface area contributed by atoms with E-state index in [1.165, 1.54) is 16.9 Å². The third kappa shape index (κ3) is 3.74. The second-order valence-corrected chi connectivity index (χ2v) is 8.86. The van der Waals surface area contributed by atoms with Gasteiger partial charge in [0.15, 0.2) is 0 Å². The molecule has 1 aliphatic carbocycles. The summed E-state index contributed by atoms with van der Waals surface area (Å²) in [5.41, 5.74) is 4.73. The van der Waals surface area contributed by atoms with Crippen molar-refractivity contribution < 1.29 is 9.13 Å². The Morgan fingerprint density at radius 3 is 2.90 bits per heavy atom. The van der Waals surface area contributed by atoms with Crippen molar-refractivity contribution in [2.45, 2.75) is 32.0 Å². The minimum atomic E-state index is -0.545. The van der Waals surface area contributed by atoms with Gasteiger partial charge in [0.25, 0.3) is 0 Å². The van der Waals surface area contributed by atoms with Gasteiger partial charge >= 0.3 is 0 Å². The summed E-state index contributed by atoms with van der Waals surface area (Å²) < 4.78 is 20.1. The van der Waals surface area contributed by atoms with Gasteiger partial charge in [-0.2, -0.15) is 0 Å².